The third-order valence-electron chi connectivity index (χ3n) is 5.51. The summed E-state index contributed by atoms with van der Waals surface area (Å²) in [5, 5.41) is 3.87. The first-order chi connectivity index (χ1) is 12.8. The van der Waals surface area contributed by atoms with Crippen LogP contribution in [0.3, 0.4) is 0 Å². The molecule has 6 heteroatoms. The van der Waals surface area contributed by atoms with E-state index in [0.29, 0.717) is 12.1 Å². The molecule has 4 rings (SSSR count). The van der Waals surface area contributed by atoms with E-state index in [0.717, 1.165) is 56.2 Å². The van der Waals surface area contributed by atoms with Crippen molar-refractivity contribution in [3.8, 4) is 11.5 Å². The standard InChI is InChI=1S/C20H26N4O2/c1-25-18-7-5-15-16(19(18)26-2)4-6-17(15)23-14-8-12-24(13-9-14)20-21-10-3-11-22-20/h3,5,7,10-11,14,17,23H,4,6,8-9,12-13H2,1-2H3/t17-/m1/s1. The monoisotopic (exact) mass is 354 g/mol. The number of rotatable bonds is 5. The lowest BCUT2D eigenvalue weighted by molar-refractivity contribution is 0.352. The number of ether oxygens (including phenoxy) is 2. The maximum atomic E-state index is 5.61. The Morgan fingerprint density at radius 3 is 2.50 bits per heavy atom. The highest BCUT2D eigenvalue weighted by atomic mass is 16.5. The Morgan fingerprint density at radius 2 is 1.81 bits per heavy atom. The molecule has 0 bridgehead atoms. The van der Waals surface area contributed by atoms with Crippen molar-refractivity contribution in [3.63, 3.8) is 0 Å². The largest absolute Gasteiger partial charge is 0.493 e. The van der Waals surface area contributed by atoms with E-state index in [9.17, 15) is 0 Å². The van der Waals surface area contributed by atoms with Gasteiger partial charge in [0.25, 0.3) is 0 Å². The van der Waals surface area contributed by atoms with Crippen LogP contribution in [0.25, 0.3) is 0 Å². The number of hydrogen-bond acceptors (Lipinski definition) is 6. The van der Waals surface area contributed by atoms with Gasteiger partial charge < -0.3 is 19.7 Å². The van der Waals surface area contributed by atoms with Crippen LogP contribution in [-0.2, 0) is 6.42 Å². The minimum atomic E-state index is 0.398. The molecule has 138 valence electrons. The zero-order valence-corrected chi connectivity index (χ0v) is 15.4. The van der Waals surface area contributed by atoms with Gasteiger partial charge in [-0.15, -0.1) is 0 Å². The summed E-state index contributed by atoms with van der Waals surface area (Å²) in [4.78, 5) is 11.0. The van der Waals surface area contributed by atoms with E-state index in [-0.39, 0.29) is 0 Å². The van der Waals surface area contributed by atoms with Crippen LogP contribution < -0.4 is 19.7 Å². The molecule has 1 atom stereocenters. The Labute approximate surface area is 154 Å². The Kier molecular flexibility index (Phi) is 4.93. The Balaban J connectivity index is 1.40. The zero-order chi connectivity index (χ0) is 17.9. The van der Waals surface area contributed by atoms with Crippen LogP contribution in [-0.4, -0.2) is 43.3 Å². The average Bonchev–Trinajstić information content (AvgIpc) is 3.11. The van der Waals surface area contributed by atoms with Gasteiger partial charge in [-0.25, -0.2) is 9.97 Å². The zero-order valence-electron chi connectivity index (χ0n) is 15.4. The molecule has 6 nitrogen and oxygen atoms in total. The molecule has 0 saturated carbocycles. The van der Waals surface area contributed by atoms with Gasteiger partial charge in [0.1, 0.15) is 0 Å². The predicted molar refractivity (Wildman–Crippen MR) is 101 cm³/mol. The third-order valence-corrected chi connectivity index (χ3v) is 5.51. The number of piperidine rings is 1. The number of hydrogen-bond donors (Lipinski definition) is 1. The predicted octanol–water partition coefficient (Wildman–Crippen LogP) is 2.74. The van der Waals surface area contributed by atoms with Crippen LogP contribution >= 0.6 is 0 Å². The fraction of sp³-hybridized carbons (Fsp3) is 0.500. The molecule has 2 heterocycles. The van der Waals surface area contributed by atoms with Crippen molar-refractivity contribution in [2.75, 3.05) is 32.2 Å². The second-order valence-corrected chi connectivity index (χ2v) is 6.94. The lowest BCUT2D eigenvalue weighted by atomic mass is 10.0. The summed E-state index contributed by atoms with van der Waals surface area (Å²) in [6.45, 7) is 1.99. The topological polar surface area (TPSA) is 59.5 Å². The first-order valence-corrected chi connectivity index (χ1v) is 9.32. The van der Waals surface area contributed by atoms with Gasteiger partial charge in [0.05, 0.1) is 14.2 Å². The van der Waals surface area contributed by atoms with Crippen LogP contribution in [0, 0.1) is 0 Å². The second kappa shape index (κ2) is 7.50. The van der Waals surface area contributed by atoms with Gasteiger partial charge in [-0.05, 0) is 43.4 Å². The van der Waals surface area contributed by atoms with E-state index in [4.69, 9.17) is 9.47 Å². The van der Waals surface area contributed by atoms with Crippen molar-refractivity contribution in [1.82, 2.24) is 15.3 Å². The van der Waals surface area contributed by atoms with E-state index in [1.54, 1.807) is 14.2 Å². The molecule has 1 aromatic carbocycles. The Bertz CT molecular complexity index is 745. The number of nitrogens with one attached hydrogen (secondary N) is 1. The van der Waals surface area contributed by atoms with Gasteiger partial charge in [-0.2, -0.15) is 0 Å². The molecule has 1 N–H and O–H groups in total. The SMILES string of the molecule is COc1ccc2c(c1OC)CC[C@H]2NC1CCN(c2ncccn2)CC1. The molecule has 1 fully saturated rings. The minimum absolute atomic E-state index is 0.398. The van der Waals surface area contributed by atoms with Crippen LogP contribution in [0.15, 0.2) is 30.6 Å². The van der Waals surface area contributed by atoms with Gasteiger partial charge >= 0.3 is 0 Å². The van der Waals surface area contributed by atoms with E-state index in [1.807, 2.05) is 24.5 Å². The molecule has 1 saturated heterocycles. The maximum Gasteiger partial charge on any atom is 0.225 e. The molecular formula is C20H26N4O2. The lowest BCUT2D eigenvalue weighted by Gasteiger charge is -2.34. The number of anilines is 1. The fourth-order valence-electron chi connectivity index (χ4n) is 4.19. The minimum Gasteiger partial charge on any atom is -0.493 e. The van der Waals surface area contributed by atoms with Crippen molar-refractivity contribution in [2.24, 2.45) is 0 Å². The van der Waals surface area contributed by atoms with Crippen LogP contribution in [0.1, 0.15) is 36.4 Å². The molecule has 1 aliphatic carbocycles. The third kappa shape index (κ3) is 3.21. The van der Waals surface area contributed by atoms with Gasteiger partial charge in [0.2, 0.25) is 5.95 Å². The summed E-state index contributed by atoms with van der Waals surface area (Å²) in [6, 6.07) is 6.99. The molecule has 26 heavy (non-hydrogen) atoms. The molecule has 0 radical (unpaired) electrons. The van der Waals surface area contributed by atoms with E-state index >= 15 is 0 Å². The normalized spacial score (nSPS) is 20.1. The Morgan fingerprint density at radius 1 is 1.04 bits per heavy atom. The molecule has 0 amide bonds. The molecule has 2 aromatic rings. The number of aromatic nitrogens is 2. The van der Waals surface area contributed by atoms with Crippen LogP contribution in [0.2, 0.25) is 0 Å². The number of fused-ring (bicyclic) bond motifs is 1. The quantitative estimate of drug-likeness (QED) is 0.891. The van der Waals surface area contributed by atoms with Crippen molar-refractivity contribution in [2.45, 2.75) is 37.8 Å². The second-order valence-electron chi connectivity index (χ2n) is 6.94. The maximum absolute atomic E-state index is 5.61. The number of methoxy groups -OCH3 is 2. The summed E-state index contributed by atoms with van der Waals surface area (Å²) in [6.07, 6.45) is 7.98. The van der Waals surface area contributed by atoms with E-state index in [2.05, 4.69) is 26.3 Å². The number of benzene rings is 1. The van der Waals surface area contributed by atoms with Crippen molar-refractivity contribution in [1.29, 1.82) is 0 Å². The van der Waals surface area contributed by atoms with Crippen LogP contribution in [0.4, 0.5) is 5.95 Å². The van der Waals surface area contributed by atoms with Gasteiger partial charge in [0, 0.05) is 43.1 Å². The van der Waals surface area contributed by atoms with Gasteiger partial charge in [-0.1, -0.05) is 6.07 Å². The molecule has 1 aliphatic heterocycles. The van der Waals surface area contributed by atoms with Crippen LogP contribution in [0.5, 0.6) is 11.5 Å². The summed E-state index contributed by atoms with van der Waals surface area (Å²) < 4.78 is 11.0. The highest BCUT2D eigenvalue weighted by molar-refractivity contribution is 5.53. The summed E-state index contributed by atoms with van der Waals surface area (Å²) in [5.41, 5.74) is 2.65. The molecule has 0 unspecified atom stereocenters. The fourth-order valence-corrected chi connectivity index (χ4v) is 4.19. The van der Waals surface area contributed by atoms with E-state index in [1.165, 1.54) is 11.1 Å². The van der Waals surface area contributed by atoms with Gasteiger partial charge in [0.15, 0.2) is 11.5 Å². The summed E-state index contributed by atoms with van der Waals surface area (Å²) in [5.74, 6) is 2.56. The van der Waals surface area contributed by atoms with E-state index < -0.39 is 0 Å². The smallest absolute Gasteiger partial charge is 0.225 e. The lowest BCUT2D eigenvalue weighted by Crippen LogP contribution is -2.44. The number of nitrogens with zero attached hydrogens (tertiary/aromatic N) is 3. The summed E-state index contributed by atoms with van der Waals surface area (Å²) in [7, 11) is 3.42. The highest BCUT2D eigenvalue weighted by Gasteiger charge is 2.30. The highest BCUT2D eigenvalue weighted by Crippen LogP contribution is 2.42. The Hall–Kier alpha value is -2.34. The molecule has 2 aliphatic rings. The first-order valence-electron chi connectivity index (χ1n) is 9.32. The average molecular weight is 354 g/mol. The molecular weight excluding hydrogens is 328 g/mol. The van der Waals surface area contributed by atoms with Crippen molar-refractivity contribution < 1.29 is 9.47 Å². The molecule has 1 aromatic heterocycles. The first kappa shape index (κ1) is 17.1. The van der Waals surface area contributed by atoms with Gasteiger partial charge in [-0.3, -0.25) is 0 Å². The van der Waals surface area contributed by atoms with Crippen molar-refractivity contribution in [3.05, 3.63) is 41.7 Å². The summed E-state index contributed by atoms with van der Waals surface area (Å²) >= 11 is 0. The molecule has 0 spiro atoms. The van der Waals surface area contributed by atoms with Crippen molar-refractivity contribution >= 4 is 5.95 Å².